The van der Waals surface area contributed by atoms with Gasteiger partial charge in [0.1, 0.15) is 0 Å². The Morgan fingerprint density at radius 3 is 1.22 bits per heavy atom. The highest BCUT2D eigenvalue weighted by atomic mass is 16.8. The molecule has 0 amide bonds. The van der Waals surface area contributed by atoms with Gasteiger partial charge in [-0.15, -0.1) is 0 Å². The Balaban J connectivity index is 1.13. The summed E-state index contributed by atoms with van der Waals surface area (Å²) in [6, 6.07) is 0. The van der Waals surface area contributed by atoms with Crippen LogP contribution >= 0.6 is 0 Å². The lowest BCUT2D eigenvalue weighted by atomic mass is 9.86. The molecular formula is C36H64O9. The molecule has 0 radical (unpaired) electrons. The van der Waals surface area contributed by atoms with Gasteiger partial charge in [-0.2, -0.15) is 0 Å². The smallest absolute Gasteiger partial charge is 0.164 e. The molecule has 45 heavy (non-hydrogen) atoms. The van der Waals surface area contributed by atoms with Gasteiger partial charge in [0.2, 0.25) is 0 Å². The van der Waals surface area contributed by atoms with E-state index in [-0.39, 0.29) is 36.6 Å². The molecule has 0 saturated carbocycles. The van der Waals surface area contributed by atoms with Gasteiger partial charge in [0.15, 0.2) is 11.6 Å². The Labute approximate surface area is 272 Å². The van der Waals surface area contributed by atoms with E-state index in [4.69, 9.17) is 33.2 Å². The van der Waals surface area contributed by atoms with Gasteiger partial charge in [-0.25, -0.2) is 0 Å². The summed E-state index contributed by atoms with van der Waals surface area (Å²) in [6.07, 6.45) is 6.67. The standard InChI is InChI=1S/C36H64O9/c1-29(2)23(40-31(5,6)44-29)15-19-33(9,37)25-17-21-35(11,42-25)27-13-14-28(39-27)36(12)22-18-26(43-36)34(10,38)20-16-24-30(3,4)45-32(7,8)41-24/h23-28,37-38H,13-22H2,1-12H3/t23-,24-,25+,26+,27+,28+,33-,34-,35-,36-/m0/s1. The van der Waals surface area contributed by atoms with E-state index in [9.17, 15) is 10.2 Å². The van der Waals surface area contributed by atoms with E-state index < -0.39 is 45.2 Å². The van der Waals surface area contributed by atoms with Crippen LogP contribution in [0.5, 0.6) is 0 Å². The lowest BCUT2D eigenvalue weighted by Crippen LogP contribution is -2.48. The zero-order valence-corrected chi connectivity index (χ0v) is 30.3. The molecule has 0 aromatic rings. The zero-order chi connectivity index (χ0) is 33.5. The maximum atomic E-state index is 11.6. The minimum atomic E-state index is -0.984. The Kier molecular flexibility index (Phi) is 9.28. The van der Waals surface area contributed by atoms with Crippen molar-refractivity contribution in [2.24, 2.45) is 0 Å². The molecule has 0 bridgehead atoms. The molecule has 5 fully saturated rings. The van der Waals surface area contributed by atoms with Crippen molar-refractivity contribution in [3.63, 3.8) is 0 Å². The van der Waals surface area contributed by atoms with Gasteiger partial charge in [0, 0.05) is 0 Å². The SMILES string of the molecule is CC1(C)O[C@@H](CC[C@](C)(O)[C@H]2CC[C@@](C)([C@H]3CC[C@H]([C@]4(C)CC[C@H]([C@@](C)(O)CC[C@@H]5OC(C)(C)OC5(C)C)O4)O3)O2)C(C)(C)O1. The highest BCUT2D eigenvalue weighted by Gasteiger charge is 2.56. The van der Waals surface area contributed by atoms with E-state index in [1.165, 1.54) is 0 Å². The normalized spacial score (nSPS) is 44.7. The van der Waals surface area contributed by atoms with Gasteiger partial charge in [-0.1, -0.05) is 0 Å². The van der Waals surface area contributed by atoms with E-state index in [0.717, 1.165) is 38.5 Å². The fraction of sp³-hybridized carbons (Fsp3) is 1.00. The van der Waals surface area contributed by atoms with Crippen molar-refractivity contribution in [1.29, 1.82) is 0 Å². The third kappa shape index (κ3) is 7.47. The zero-order valence-electron chi connectivity index (χ0n) is 30.3. The van der Waals surface area contributed by atoms with Crippen molar-refractivity contribution in [3.05, 3.63) is 0 Å². The fourth-order valence-corrected chi connectivity index (χ4v) is 9.00. The summed E-state index contributed by atoms with van der Waals surface area (Å²) < 4.78 is 44.6. The minimum Gasteiger partial charge on any atom is -0.387 e. The van der Waals surface area contributed by atoms with Crippen molar-refractivity contribution in [2.45, 2.75) is 229 Å². The first-order valence-corrected chi connectivity index (χ1v) is 17.6. The van der Waals surface area contributed by atoms with Crippen LogP contribution in [0.1, 0.15) is 147 Å². The second-order valence-corrected chi connectivity index (χ2v) is 17.8. The average molecular weight is 641 g/mol. The third-order valence-corrected chi connectivity index (χ3v) is 11.6. The molecule has 5 aliphatic heterocycles. The second-order valence-electron chi connectivity index (χ2n) is 17.8. The van der Waals surface area contributed by atoms with Crippen molar-refractivity contribution in [3.8, 4) is 0 Å². The largest absolute Gasteiger partial charge is 0.387 e. The fourth-order valence-electron chi connectivity index (χ4n) is 9.00. The van der Waals surface area contributed by atoms with Crippen LogP contribution in [0.15, 0.2) is 0 Å². The second kappa shape index (κ2) is 11.6. The Morgan fingerprint density at radius 1 is 0.556 bits per heavy atom. The summed E-state index contributed by atoms with van der Waals surface area (Å²) in [5.41, 5.74) is -3.72. The molecule has 0 unspecified atom stereocenters. The van der Waals surface area contributed by atoms with Crippen LogP contribution in [0.2, 0.25) is 0 Å². The van der Waals surface area contributed by atoms with Gasteiger partial charge in [-0.05, 0) is 147 Å². The maximum absolute atomic E-state index is 11.6. The van der Waals surface area contributed by atoms with E-state index in [1.54, 1.807) is 0 Å². The number of rotatable bonds is 10. The molecule has 0 spiro atoms. The molecule has 0 aliphatic carbocycles. The molecule has 10 atom stereocenters. The molecule has 2 N–H and O–H groups in total. The van der Waals surface area contributed by atoms with Crippen LogP contribution in [-0.4, -0.2) is 92.0 Å². The first kappa shape index (κ1) is 35.9. The van der Waals surface area contributed by atoms with E-state index >= 15 is 0 Å². The van der Waals surface area contributed by atoms with E-state index in [2.05, 4.69) is 41.5 Å². The number of ether oxygens (including phenoxy) is 7. The Morgan fingerprint density at radius 2 is 0.911 bits per heavy atom. The molecule has 0 aromatic heterocycles. The maximum Gasteiger partial charge on any atom is 0.164 e. The number of hydrogen-bond donors (Lipinski definition) is 2. The Hall–Kier alpha value is -0.360. The summed E-state index contributed by atoms with van der Waals surface area (Å²) in [7, 11) is 0. The first-order chi connectivity index (χ1) is 20.4. The lowest BCUT2D eigenvalue weighted by molar-refractivity contribution is -0.201. The van der Waals surface area contributed by atoms with Crippen LogP contribution in [0.4, 0.5) is 0 Å². The number of aliphatic hydroxyl groups is 2. The first-order valence-electron chi connectivity index (χ1n) is 17.6. The van der Waals surface area contributed by atoms with Crippen LogP contribution in [0, 0.1) is 0 Å². The predicted molar refractivity (Wildman–Crippen MR) is 171 cm³/mol. The monoisotopic (exact) mass is 640 g/mol. The van der Waals surface area contributed by atoms with E-state index in [0.29, 0.717) is 25.7 Å². The molecule has 0 aromatic carbocycles. The van der Waals surface area contributed by atoms with Crippen LogP contribution < -0.4 is 0 Å². The van der Waals surface area contributed by atoms with Gasteiger partial charge in [0.05, 0.1) is 70.2 Å². The molecule has 262 valence electrons. The van der Waals surface area contributed by atoms with Crippen LogP contribution in [-0.2, 0) is 33.2 Å². The van der Waals surface area contributed by atoms with Crippen molar-refractivity contribution in [2.75, 3.05) is 0 Å². The van der Waals surface area contributed by atoms with Gasteiger partial charge >= 0.3 is 0 Å². The van der Waals surface area contributed by atoms with Gasteiger partial charge < -0.3 is 43.4 Å². The van der Waals surface area contributed by atoms with Crippen molar-refractivity contribution < 1.29 is 43.4 Å². The molecule has 9 heteroatoms. The number of hydrogen-bond acceptors (Lipinski definition) is 9. The summed E-state index contributed by atoms with van der Waals surface area (Å²) in [4.78, 5) is 0. The molecule has 9 nitrogen and oxygen atoms in total. The van der Waals surface area contributed by atoms with Crippen molar-refractivity contribution in [1.82, 2.24) is 0 Å². The predicted octanol–water partition coefficient (Wildman–Crippen LogP) is 6.33. The highest BCUT2D eigenvalue weighted by Crippen LogP contribution is 2.49. The lowest BCUT2D eigenvalue weighted by Gasteiger charge is -2.38. The molecular weight excluding hydrogens is 576 g/mol. The Bertz CT molecular complexity index is 985. The molecule has 5 heterocycles. The summed E-state index contributed by atoms with van der Waals surface area (Å²) in [5, 5.41) is 23.1. The van der Waals surface area contributed by atoms with Gasteiger partial charge in [0.25, 0.3) is 0 Å². The average Bonchev–Trinajstić information content (AvgIpc) is 3.67. The van der Waals surface area contributed by atoms with Crippen molar-refractivity contribution >= 4 is 0 Å². The van der Waals surface area contributed by atoms with E-state index in [1.807, 2.05) is 41.5 Å². The molecule has 5 aliphatic rings. The summed E-state index contributed by atoms with van der Waals surface area (Å²) >= 11 is 0. The highest BCUT2D eigenvalue weighted by molar-refractivity contribution is 5.05. The molecule has 5 rings (SSSR count). The quantitative estimate of drug-likeness (QED) is 0.283. The third-order valence-electron chi connectivity index (χ3n) is 11.6. The molecule has 5 saturated heterocycles. The van der Waals surface area contributed by atoms with Crippen LogP contribution in [0.3, 0.4) is 0 Å². The topological polar surface area (TPSA) is 105 Å². The minimum absolute atomic E-state index is 0.0697. The summed E-state index contributed by atoms with van der Waals surface area (Å²) in [5.74, 6) is -1.24. The van der Waals surface area contributed by atoms with Crippen LogP contribution in [0.25, 0.3) is 0 Å². The van der Waals surface area contributed by atoms with Gasteiger partial charge in [-0.3, -0.25) is 0 Å². The summed E-state index contributed by atoms with van der Waals surface area (Å²) in [6.45, 7) is 24.0.